The van der Waals surface area contributed by atoms with Crippen molar-refractivity contribution in [2.24, 2.45) is 5.14 Å². The first-order chi connectivity index (χ1) is 2.94. The van der Waals surface area contributed by atoms with E-state index < -0.39 is 13.8 Å². The van der Waals surface area contributed by atoms with Crippen LogP contribution in [0.4, 0.5) is 0 Å². The van der Waals surface area contributed by atoms with Crippen molar-refractivity contribution in [1.29, 1.82) is 0 Å². The average molecular weight is 164 g/mol. The Morgan fingerprint density at radius 2 is 1.86 bits per heavy atom. The molecule has 0 spiro atoms. The Hall–Kier alpha value is 0.520. The van der Waals surface area contributed by atoms with Crippen molar-refractivity contribution in [3.05, 3.63) is 0 Å². The zero-order chi connectivity index (χ0) is 6.08. The lowest BCUT2D eigenvalue weighted by molar-refractivity contribution is 0.561. The van der Waals surface area contributed by atoms with Crippen LogP contribution in [0.2, 0.25) is 0 Å². The molecule has 0 amide bonds. The van der Waals surface area contributed by atoms with E-state index in [1.165, 1.54) is 0 Å². The lowest BCUT2D eigenvalue weighted by atomic mass is 11.9. The molecule has 0 aromatic heterocycles. The Bertz CT molecular complexity index is 157. The second kappa shape index (κ2) is 2.19. The standard InChI is InChI=1S/CH3Cl2NO2S/c2-1(3)7(4,5)6/h(H3,4,5,6). The smallest absolute Gasteiger partial charge is 0.198 e. The van der Waals surface area contributed by atoms with E-state index in [1.54, 1.807) is 0 Å². The van der Waals surface area contributed by atoms with Gasteiger partial charge in [0.1, 0.15) is 0 Å². The molecule has 0 aliphatic heterocycles. The molecular weight excluding hydrogens is 161 g/mol. The minimum atomic E-state index is -3.54. The van der Waals surface area contributed by atoms with Gasteiger partial charge >= 0.3 is 0 Å². The summed E-state index contributed by atoms with van der Waals surface area (Å²) in [6.45, 7) is 0. The van der Waals surface area contributed by atoms with Gasteiger partial charge in [0.05, 0.1) is 0 Å². The average Bonchev–Trinajstić information content (AvgIpc) is 1.31. The summed E-state index contributed by atoms with van der Waals surface area (Å²) in [5.74, 6) is 0. The number of nitrogens with two attached hydrogens (primary N) is 1. The lowest BCUT2D eigenvalue weighted by Gasteiger charge is -1.88. The predicted molar refractivity (Wildman–Crippen MR) is 31.7 cm³/mol. The summed E-state index contributed by atoms with van der Waals surface area (Å²) >= 11 is 9.57. The highest BCUT2D eigenvalue weighted by Crippen LogP contribution is 1.92. The first-order valence-corrected chi connectivity index (χ1v) is 3.50. The zero-order valence-electron chi connectivity index (χ0n) is 3.10. The fourth-order valence-corrected chi connectivity index (χ4v) is 0. The molecular formula is CH3Cl2NO2S. The largest absolute Gasteiger partial charge is 0.301 e. The van der Waals surface area contributed by atoms with Crippen LogP contribution >= 0.6 is 23.2 Å². The second-order valence-electron chi connectivity index (χ2n) is 0.794. The van der Waals surface area contributed by atoms with Gasteiger partial charge in [0.25, 0.3) is 0 Å². The van der Waals surface area contributed by atoms with E-state index in [1.807, 2.05) is 0 Å². The van der Waals surface area contributed by atoms with Crippen LogP contribution in [0.25, 0.3) is 0 Å². The molecule has 6 heteroatoms. The topological polar surface area (TPSA) is 63.3 Å². The summed E-state index contributed by atoms with van der Waals surface area (Å²) < 4.78 is 17.3. The van der Waals surface area contributed by atoms with Gasteiger partial charge in [0, 0.05) is 0 Å². The zero-order valence-corrected chi connectivity index (χ0v) is 5.43. The van der Waals surface area contributed by atoms with Crippen LogP contribution in [-0.4, -0.2) is 12.5 Å². The van der Waals surface area contributed by atoms with Gasteiger partial charge in [0.15, 0.2) is 13.8 Å². The van der Waals surface area contributed by atoms with Crippen molar-refractivity contribution >= 4 is 37.0 Å². The summed E-state index contributed by atoms with van der Waals surface area (Å²) in [6.07, 6.45) is 0. The van der Waals surface area contributed by atoms with Crippen LogP contribution in [-0.2, 0) is 9.99 Å². The Morgan fingerprint density at radius 1 is 1.71 bits per heavy atom. The Morgan fingerprint density at radius 3 is 1.86 bits per heavy atom. The van der Waals surface area contributed by atoms with Crippen molar-refractivity contribution in [1.82, 2.24) is 0 Å². The van der Waals surface area contributed by atoms with Crippen molar-refractivity contribution in [3.63, 3.8) is 0 Å². The molecule has 1 unspecified atom stereocenters. The molecule has 0 fully saturated rings. The van der Waals surface area contributed by atoms with E-state index in [2.05, 4.69) is 5.14 Å². The van der Waals surface area contributed by atoms with Gasteiger partial charge in [-0.05, 0) is 0 Å². The number of hydrogen-bond donors (Lipinski definition) is 2. The summed E-state index contributed by atoms with van der Waals surface area (Å²) in [5, 5.41) is 4.46. The molecule has 3 N–H and O–H groups in total. The third-order valence-electron chi connectivity index (χ3n) is 0.221. The van der Waals surface area contributed by atoms with Gasteiger partial charge in [-0.25, -0.2) is 9.35 Å². The first kappa shape index (κ1) is 7.52. The maximum atomic E-state index is 9.92. The maximum absolute atomic E-state index is 9.92. The van der Waals surface area contributed by atoms with Crippen LogP contribution in [0.15, 0.2) is 0 Å². The van der Waals surface area contributed by atoms with Gasteiger partial charge in [-0.1, -0.05) is 23.2 Å². The van der Waals surface area contributed by atoms with Crippen LogP contribution in [0.1, 0.15) is 0 Å². The molecule has 0 heterocycles. The second-order valence-corrected chi connectivity index (χ2v) is 3.74. The molecule has 0 rings (SSSR count). The molecule has 1 atom stereocenters. The maximum Gasteiger partial charge on any atom is 0.198 e. The Kier molecular flexibility index (Phi) is 2.35. The van der Waals surface area contributed by atoms with Crippen molar-refractivity contribution in [2.45, 2.75) is 0 Å². The molecule has 0 aliphatic rings. The van der Waals surface area contributed by atoms with Crippen molar-refractivity contribution in [2.75, 3.05) is 0 Å². The first-order valence-electron chi connectivity index (χ1n) is 1.17. The van der Waals surface area contributed by atoms with E-state index in [0.717, 1.165) is 0 Å². The minimum absolute atomic E-state index is 0.701. The van der Waals surface area contributed by atoms with Crippen molar-refractivity contribution < 1.29 is 8.76 Å². The Balaban J connectivity index is 4.67. The van der Waals surface area contributed by atoms with E-state index in [4.69, 9.17) is 27.8 Å². The van der Waals surface area contributed by atoms with E-state index in [9.17, 15) is 4.21 Å². The third kappa shape index (κ3) is 3.13. The highest BCUT2D eigenvalue weighted by atomic mass is 35.5. The van der Waals surface area contributed by atoms with Crippen LogP contribution in [0.3, 0.4) is 0 Å². The normalized spacial score (nSPS) is 18.3. The fraction of sp³-hybridized carbons (Fsp3) is 0. The highest BCUT2D eigenvalue weighted by Gasteiger charge is 1.96. The number of rotatable bonds is 0. The van der Waals surface area contributed by atoms with Crippen LogP contribution in [0, 0.1) is 0 Å². The van der Waals surface area contributed by atoms with Gasteiger partial charge in [0.2, 0.25) is 0 Å². The van der Waals surface area contributed by atoms with Gasteiger partial charge in [-0.2, -0.15) is 0 Å². The van der Waals surface area contributed by atoms with Gasteiger partial charge in [-0.3, -0.25) is 0 Å². The number of halogens is 2. The SMILES string of the molecule is NS(=O)(O)=C(Cl)Cl. The molecule has 0 saturated carbocycles. The molecule has 0 radical (unpaired) electrons. The monoisotopic (exact) mass is 163 g/mol. The van der Waals surface area contributed by atoms with Crippen LogP contribution < -0.4 is 5.14 Å². The Labute approximate surface area is 51.4 Å². The van der Waals surface area contributed by atoms with Gasteiger partial charge in [-0.15, -0.1) is 0 Å². The molecule has 7 heavy (non-hydrogen) atoms. The quantitative estimate of drug-likeness (QED) is 0.396. The van der Waals surface area contributed by atoms with Crippen molar-refractivity contribution in [3.8, 4) is 0 Å². The summed E-state index contributed by atoms with van der Waals surface area (Å²) in [6, 6.07) is 0. The van der Waals surface area contributed by atoms with E-state index in [0.29, 0.717) is 0 Å². The lowest BCUT2D eigenvalue weighted by Crippen LogP contribution is -2.14. The predicted octanol–water partition coefficient (Wildman–Crippen LogP) is 0.183. The molecule has 0 aromatic carbocycles. The van der Waals surface area contributed by atoms with E-state index >= 15 is 0 Å². The third-order valence-corrected chi connectivity index (χ3v) is 1.99. The molecule has 3 nitrogen and oxygen atoms in total. The van der Waals surface area contributed by atoms with E-state index in [-0.39, 0.29) is 0 Å². The summed E-state index contributed by atoms with van der Waals surface area (Å²) in [5.41, 5.74) is 0. The molecule has 0 aromatic rings. The highest BCUT2D eigenvalue weighted by molar-refractivity contribution is 7.99. The molecule has 0 bridgehead atoms. The van der Waals surface area contributed by atoms with Crippen LogP contribution in [0.5, 0.6) is 0 Å². The van der Waals surface area contributed by atoms with Gasteiger partial charge < -0.3 is 4.55 Å². The molecule has 0 saturated heterocycles. The molecule has 0 aliphatic carbocycles. The molecule has 44 valence electrons. The minimum Gasteiger partial charge on any atom is -0.301 e. The summed E-state index contributed by atoms with van der Waals surface area (Å²) in [7, 11) is -3.54. The number of hydrogen-bond acceptors (Lipinski definition) is 1. The fourth-order valence-electron chi connectivity index (χ4n) is 0. The summed E-state index contributed by atoms with van der Waals surface area (Å²) in [4.78, 5) is 0.